The van der Waals surface area contributed by atoms with Crippen molar-refractivity contribution in [2.75, 3.05) is 10.6 Å². The minimum Gasteiger partial charge on any atom is -0.354 e. The van der Waals surface area contributed by atoms with Gasteiger partial charge in [-0.3, -0.25) is 4.79 Å². The number of carbonyl (C=O) groups excluding carboxylic acids is 1. The molecule has 0 heterocycles. The van der Waals surface area contributed by atoms with Crippen LogP contribution in [-0.4, -0.2) is 10.7 Å². The zero-order chi connectivity index (χ0) is 15.2. The molecule has 0 saturated carbocycles. The van der Waals surface area contributed by atoms with Gasteiger partial charge >= 0.3 is 0 Å². The Morgan fingerprint density at radius 2 is 1.90 bits per heavy atom. The van der Waals surface area contributed by atoms with Gasteiger partial charge in [0.25, 0.3) is 0 Å². The Bertz CT molecular complexity index is 619. The lowest BCUT2D eigenvalue weighted by Gasteiger charge is -2.15. The molecule has 0 radical (unpaired) electrons. The van der Waals surface area contributed by atoms with Crippen molar-refractivity contribution >= 4 is 50.5 Å². The summed E-state index contributed by atoms with van der Waals surface area (Å²) in [6.45, 7) is 1.95. The highest BCUT2D eigenvalue weighted by Crippen LogP contribution is 2.29. The van der Waals surface area contributed by atoms with Crippen LogP contribution in [0.15, 0.2) is 48.5 Å². The Labute approximate surface area is 137 Å². The monoisotopic (exact) mass is 366 g/mol. The highest BCUT2D eigenvalue weighted by atomic mass is 79.9. The normalized spacial score (nSPS) is 11.8. The molecule has 0 aliphatic heterocycles. The summed E-state index contributed by atoms with van der Waals surface area (Å²) in [5, 5.41) is 6.77. The molecule has 0 fully saturated rings. The van der Waals surface area contributed by atoms with Crippen LogP contribution >= 0.6 is 27.5 Å². The number of alkyl halides is 1. The van der Waals surface area contributed by atoms with E-state index in [0.29, 0.717) is 10.7 Å². The molecule has 3 nitrogen and oxygen atoms in total. The zero-order valence-electron chi connectivity index (χ0n) is 11.6. The van der Waals surface area contributed by atoms with E-state index < -0.39 is 0 Å². The fourth-order valence-electron chi connectivity index (χ4n) is 1.80. The molecule has 0 saturated heterocycles. The maximum atomic E-state index is 12.0. The molecule has 2 aromatic rings. The second kappa shape index (κ2) is 7.48. The van der Waals surface area contributed by atoms with Gasteiger partial charge in [-0.15, -0.1) is 0 Å². The highest BCUT2D eigenvalue weighted by Gasteiger charge is 2.14. The molecule has 1 amide bonds. The molecule has 0 aliphatic rings. The fraction of sp³-hybridized carbons (Fsp3) is 0.188. The number of benzene rings is 2. The summed E-state index contributed by atoms with van der Waals surface area (Å²) in [6, 6.07) is 15.1. The number of halogens is 2. The Morgan fingerprint density at radius 1 is 1.19 bits per heavy atom. The summed E-state index contributed by atoms with van der Waals surface area (Å²) in [5.74, 6) is -0.0732. The third-order valence-electron chi connectivity index (χ3n) is 2.94. The second-order valence-electron chi connectivity index (χ2n) is 4.55. The van der Waals surface area contributed by atoms with Crippen LogP contribution in [-0.2, 0) is 4.79 Å². The SMILES string of the molecule is CCC(Br)C(=O)Nc1ccc(Cl)cc1Nc1ccccc1. The Balaban J connectivity index is 2.23. The number of carbonyl (C=O) groups is 1. The molecule has 1 atom stereocenters. The van der Waals surface area contributed by atoms with E-state index in [1.807, 2.05) is 37.3 Å². The first-order valence-electron chi connectivity index (χ1n) is 6.66. The van der Waals surface area contributed by atoms with Gasteiger partial charge in [0, 0.05) is 10.7 Å². The van der Waals surface area contributed by atoms with E-state index in [2.05, 4.69) is 26.6 Å². The van der Waals surface area contributed by atoms with Gasteiger partial charge in [0.05, 0.1) is 16.2 Å². The lowest BCUT2D eigenvalue weighted by Crippen LogP contribution is -2.22. The van der Waals surface area contributed by atoms with Crippen molar-refractivity contribution in [2.45, 2.75) is 18.2 Å². The number of anilines is 3. The van der Waals surface area contributed by atoms with Crippen molar-refractivity contribution < 1.29 is 4.79 Å². The predicted octanol–water partition coefficient (Wildman–Crippen LogP) is 5.20. The molecule has 2 aromatic carbocycles. The third-order valence-corrected chi connectivity index (χ3v) is 4.23. The minimum absolute atomic E-state index is 0.0732. The third kappa shape index (κ3) is 4.48. The molecular formula is C16H16BrClN2O. The van der Waals surface area contributed by atoms with Crippen LogP contribution in [0.4, 0.5) is 17.1 Å². The summed E-state index contributed by atoms with van der Waals surface area (Å²) in [5.41, 5.74) is 2.39. The molecule has 1 unspecified atom stereocenters. The number of para-hydroxylation sites is 1. The lowest BCUT2D eigenvalue weighted by atomic mass is 10.2. The number of hydrogen-bond donors (Lipinski definition) is 2. The van der Waals surface area contributed by atoms with Gasteiger partial charge in [0.15, 0.2) is 0 Å². The smallest absolute Gasteiger partial charge is 0.238 e. The van der Waals surface area contributed by atoms with E-state index in [4.69, 9.17) is 11.6 Å². The van der Waals surface area contributed by atoms with Gasteiger partial charge in [-0.05, 0) is 36.8 Å². The largest absolute Gasteiger partial charge is 0.354 e. The topological polar surface area (TPSA) is 41.1 Å². The van der Waals surface area contributed by atoms with Crippen LogP contribution in [0.2, 0.25) is 5.02 Å². The molecule has 2 N–H and O–H groups in total. The standard InChI is InChI=1S/C16H16BrClN2O/c1-2-13(17)16(21)20-14-9-8-11(18)10-15(14)19-12-6-4-3-5-7-12/h3-10,13,19H,2H2,1H3,(H,20,21). The molecular weight excluding hydrogens is 352 g/mol. The first-order chi connectivity index (χ1) is 10.1. The number of hydrogen-bond acceptors (Lipinski definition) is 2. The molecule has 0 aliphatic carbocycles. The summed E-state index contributed by atoms with van der Waals surface area (Å²) < 4.78 is 0. The summed E-state index contributed by atoms with van der Waals surface area (Å²) >= 11 is 9.39. The average molecular weight is 368 g/mol. The van der Waals surface area contributed by atoms with Crippen molar-refractivity contribution in [3.8, 4) is 0 Å². The maximum absolute atomic E-state index is 12.0. The van der Waals surface area contributed by atoms with Gasteiger partial charge < -0.3 is 10.6 Å². The van der Waals surface area contributed by atoms with Crippen LogP contribution in [0.5, 0.6) is 0 Å². The summed E-state index contributed by atoms with van der Waals surface area (Å²) in [7, 11) is 0. The van der Waals surface area contributed by atoms with Gasteiger partial charge in [-0.25, -0.2) is 0 Å². The van der Waals surface area contributed by atoms with Gasteiger partial charge in [0.2, 0.25) is 5.91 Å². The zero-order valence-corrected chi connectivity index (χ0v) is 13.9. The highest BCUT2D eigenvalue weighted by molar-refractivity contribution is 9.10. The second-order valence-corrected chi connectivity index (χ2v) is 6.09. The lowest BCUT2D eigenvalue weighted by molar-refractivity contribution is -0.115. The molecule has 0 aromatic heterocycles. The average Bonchev–Trinajstić information content (AvgIpc) is 2.50. The van der Waals surface area contributed by atoms with E-state index >= 15 is 0 Å². The summed E-state index contributed by atoms with van der Waals surface area (Å²) in [4.78, 5) is 11.8. The molecule has 0 bridgehead atoms. The van der Waals surface area contributed by atoms with Gasteiger partial charge in [0.1, 0.15) is 0 Å². The van der Waals surface area contributed by atoms with Crippen LogP contribution in [0.25, 0.3) is 0 Å². The first kappa shape index (κ1) is 15.9. The van der Waals surface area contributed by atoms with Crippen molar-refractivity contribution in [3.63, 3.8) is 0 Å². The number of amides is 1. The number of rotatable bonds is 5. The van der Waals surface area contributed by atoms with E-state index in [0.717, 1.165) is 17.8 Å². The molecule has 0 spiro atoms. The van der Waals surface area contributed by atoms with Crippen LogP contribution in [0.3, 0.4) is 0 Å². The fourth-order valence-corrected chi connectivity index (χ4v) is 2.09. The first-order valence-corrected chi connectivity index (χ1v) is 7.96. The van der Waals surface area contributed by atoms with E-state index in [1.54, 1.807) is 18.2 Å². The maximum Gasteiger partial charge on any atom is 0.238 e. The molecule has 21 heavy (non-hydrogen) atoms. The van der Waals surface area contributed by atoms with Crippen molar-refractivity contribution in [1.29, 1.82) is 0 Å². The Morgan fingerprint density at radius 3 is 2.57 bits per heavy atom. The quantitative estimate of drug-likeness (QED) is 0.714. The predicted molar refractivity (Wildman–Crippen MR) is 92.8 cm³/mol. The molecule has 5 heteroatoms. The summed E-state index contributed by atoms with van der Waals surface area (Å²) in [6.07, 6.45) is 0.723. The Kier molecular flexibility index (Phi) is 5.65. The van der Waals surface area contributed by atoms with E-state index in [1.165, 1.54) is 0 Å². The van der Waals surface area contributed by atoms with Crippen molar-refractivity contribution in [1.82, 2.24) is 0 Å². The van der Waals surface area contributed by atoms with Crippen molar-refractivity contribution in [3.05, 3.63) is 53.6 Å². The minimum atomic E-state index is -0.210. The van der Waals surface area contributed by atoms with E-state index in [9.17, 15) is 4.79 Å². The van der Waals surface area contributed by atoms with Crippen LogP contribution in [0.1, 0.15) is 13.3 Å². The Hall–Kier alpha value is -1.52. The van der Waals surface area contributed by atoms with E-state index in [-0.39, 0.29) is 10.7 Å². The molecule has 2 rings (SSSR count). The van der Waals surface area contributed by atoms with Crippen LogP contribution < -0.4 is 10.6 Å². The van der Waals surface area contributed by atoms with Gasteiger partial charge in [-0.2, -0.15) is 0 Å². The van der Waals surface area contributed by atoms with Crippen molar-refractivity contribution in [2.24, 2.45) is 0 Å². The molecule has 110 valence electrons. The van der Waals surface area contributed by atoms with Gasteiger partial charge in [-0.1, -0.05) is 52.7 Å². The van der Waals surface area contributed by atoms with Crippen LogP contribution in [0, 0.1) is 0 Å². The number of nitrogens with one attached hydrogen (secondary N) is 2.